The third-order valence-electron chi connectivity index (χ3n) is 4.19. The minimum absolute atomic E-state index is 0.0296. The van der Waals surface area contributed by atoms with Gasteiger partial charge in [-0.15, -0.1) is 0 Å². The highest BCUT2D eigenvalue weighted by Crippen LogP contribution is 2.41. The van der Waals surface area contributed by atoms with Crippen molar-refractivity contribution in [3.05, 3.63) is 35.4 Å². The number of carboxylic acids is 1. The SMILES string of the molecule is CC1=CC(C)(C)N([C@H](C(=O)O)C(C)C)c2cc(C)ccc21. The van der Waals surface area contributed by atoms with Gasteiger partial charge in [0.2, 0.25) is 0 Å². The number of rotatable bonds is 3. The zero-order chi connectivity index (χ0) is 15.9. The van der Waals surface area contributed by atoms with Crippen molar-refractivity contribution in [3.63, 3.8) is 0 Å². The van der Waals surface area contributed by atoms with E-state index in [9.17, 15) is 9.90 Å². The summed E-state index contributed by atoms with van der Waals surface area (Å²) < 4.78 is 0. The summed E-state index contributed by atoms with van der Waals surface area (Å²) in [6.45, 7) is 12.2. The minimum Gasteiger partial charge on any atom is -0.480 e. The average Bonchev–Trinajstić information content (AvgIpc) is 2.32. The van der Waals surface area contributed by atoms with Crippen LogP contribution >= 0.6 is 0 Å². The number of aliphatic carboxylic acids is 1. The van der Waals surface area contributed by atoms with Gasteiger partial charge >= 0.3 is 5.97 Å². The number of anilines is 1. The highest BCUT2D eigenvalue weighted by atomic mass is 16.4. The summed E-state index contributed by atoms with van der Waals surface area (Å²) in [6, 6.07) is 5.74. The van der Waals surface area contributed by atoms with Crippen LogP contribution in [0, 0.1) is 12.8 Å². The molecule has 0 radical (unpaired) electrons. The number of hydrogen-bond donors (Lipinski definition) is 1. The molecule has 114 valence electrons. The van der Waals surface area contributed by atoms with E-state index >= 15 is 0 Å². The van der Waals surface area contributed by atoms with Gasteiger partial charge in [-0.05, 0) is 50.8 Å². The molecule has 1 N–H and O–H groups in total. The van der Waals surface area contributed by atoms with Crippen molar-refractivity contribution in [2.45, 2.75) is 53.1 Å². The lowest BCUT2D eigenvalue weighted by molar-refractivity contribution is -0.140. The van der Waals surface area contributed by atoms with Crippen molar-refractivity contribution < 1.29 is 9.90 Å². The summed E-state index contributed by atoms with van der Waals surface area (Å²) >= 11 is 0. The van der Waals surface area contributed by atoms with E-state index in [1.54, 1.807) is 0 Å². The van der Waals surface area contributed by atoms with Crippen LogP contribution in [-0.2, 0) is 4.79 Å². The third-order valence-corrected chi connectivity index (χ3v) is 4.19. The molecule has 0 saturated heterocycles. The summed E-state index contributed by atoms with van der Waals surface area (Å²) in [5.74, 6) is -0.736. The summed E-state index contributed by atoms with van der Waals surface area (Å²) in [5, 5.41) is 9.73. The van der Waals surface area contributed by atoms with Crippen molar-refractivity contribution in [2.24, 2.45) is 5.92 Å². The quantitative estimate of drug-likeness (QED) is 0.909. The van der Waals surface area contributed by atoms with E-state index in [1.165, 1.54) is 5.57 Å². The predicted molar refractivity (Wildman–Crippen MR) is 87.6 cm³/mol. The number of aryl methyl sites for hydroxylation is 1. The Hall–Kier alpha value is -1.77. The molecule has 0 bridgehead atoms. The minimum atomic E-state index is -0.765. The fourth-order valence-electron chi connectivity index (χ4n) is 3.36. The Morgan fingerprint density at radius 2 is 1.86 bits per heavy atom. The van der Waals surface area contributed by atoms with Crippen LogP contribution in [0.2, 0.25) is 0 Å². The van der Waals surface area contributed by atoms with Crippen LogP contribution in [0.1, 0.15) is 45.7 Å². The van der Waals surface area contributed by atoms with Gasteiger partial charge in [0.1, 0.15) is 6.04 Å². The summed E-state index contributed by atoms with van der Waals surface area (Å²) in [5.41, 5.74) is 4.20. The zero-order valence-electron chi connectivity index (χ0n) is 13.8. The molecular weight excluding hydrogens is 262 g/mol. The van der Waals surface area contributed by atoms with Crippen LogP contribution in [0.3, 0.4) is 0 Å². The van der Waals surface area contributed by atoms with E-state index in [-0.39, 0.29) is 11.5 Å². The molecular formula is C18H25NO2. The van der Waals surface area contributed by atoms with Crippen LogP contribution in [0.15, 0.2) is 24.3 Å². The van der Waals surface area contributed by atoms with E-state index in [2.05, 4.69) is 49.9 Å². The number of allylic oxidation sites excluding steroid dienone is 1. The number of carboxylic acid groups (broad SMARTS) is 1. The molecule has 3 nitrogen and oxygen atoms in total. The van der Waals surface area contributed by atoms with E-state index < -0.39 is 12.0 Å². The fourth-order valence-corrected chi connectivity index (χ4v) is 3.36. The summed E-state index contributed by atoms with van der Waals surface area (Å²) in [7, 11) is 0. The van der Waals surface area contributed by atoms with Crippen LogP contribution in [0.5, 0.6) is 0 Å². The molecule has 2 rings (SSSR count). The molecule has 21 heavy (non-hydrogen) atoms. The Morgan fingerprint density at radius 1 is 1.24 bits per heavy atom. The molecule has 0 aliphatic carbocycles. The molecule has 0 fully saturated rings. The second kappa shape index (κ2) is 5.21. The van der Waals surface area contributed by atoms with E-state index in [4.69, 9.17) is 0 Å². The van der Waals surface area contributed by atoms with Gasteiger partial charge < -0.3 is 10.0 Å². The normalized spacial score (nSPS) is 18.2. The molecule has 3 heteroatoms. The molecule has 0 amide bonds. The highest BCUT2D eigenvalue weighted by molar-refractivity contribution is 5.87. The Kier molecular flexibility index (Phi) is 3.87. The lowest BCUT2D eigenvalue weighted by atomic mass is 9.85. The van der Waals surface area contributed by atoms with Crippen molar-refractivity contribution in [2.75, 3.05) is 4.90 Å². The van der Waals surface area contributed by atoms with Crippen molar-refractivity contribution in [1.82, 2.24) is 0 Å². The van der Waals surface area contributed by atoms with E-state index in [1.807, 2.05) is 20.8 Å². The smallest absolute Gasteiger partial charge is 0.326 e. The van der Waals surface area contributed by atoms with Gasteiger partial charge in [-0.3, -0.25) is 0 Å². The number of fused-ring (bicyclic) bond motifs is 1. The first kappa shape index (κ1) is 15.6. The molecule has 1 heterocycles. The molecule has 1 aromatic carbocycles. The Labute approximate surface area is 127 Å². The van der Waals surface area contributed by atoms with Crippen molar-refractivity contribution in [1.29, 1.82) is 0 Å². The number of nitrogens with zero attached hydrogens (tertiary/aromatic N) is 1. The maximum absolute atomic E-state index is 11.8. The van der Waals surface area contributed by atoms with Gasteiger partial charge in [-0.2, -0.15) is 0 Å². The van der Waals surface area contributed by atoms with E-state index in [0.29, 0.717) is 0 Å². The number of hydrogen-bond acceptors (Lipinski definition) is 2. The topological polar surface area (TPSA) is 40.5 Å². The number of benzene rings is 1. The summed E-state index contributed by atoms with van der Waals surface area (Å²) in [6.07, 6.45) is 2.17. The Balaban J connectivity index is 2.69. The Bertz CT molecular complexity index is 599. The standard InChI is InChI=1S/C18H25NO2/c1-11(2)16(17(20)21)19-15-9-12(3)7-8-14(15)13(4)10-18(19,5)6/h7-11,16H,1-6H3,(H,20,21)/t16-/m0/s1. The van der Waals surface area contributed by atoms with Crippen LogP contribution in [0.4, 0.5) is 5.69 Å². The van der Waals surface area contributed by atoms with Crippen LogP contribution < -0.4 is 4.90 Å². The molecule has 1 atom stereocenters. The van der Waals surface area contributed by atoms with Gasteiger partial charge in [0.25, 0.3) is 0 Å². The van der Waals surface area contributed by atoms with Crippen LogP contribution in [-0.4, -0.2) is 22.7 Å². The van der Waals surface area contributed by atoms with Gasteiger partial charge in [0, 0.05) is 11.3 Å². The van der Waals surface area contributed by atoms with Gasteiger partial charge in [-0.25, -0.2) is 4.79 Å². The van der Waals surface area contributed by atoms with Crippen molar-refractivity contribution >= 4 is 17.2 Å². The average molecular weight is 287 g/mol. The largest absolute Gasteiger partial charge is 0.480 e. The monoisotopic (exact) mass is 287 g/mol. The maximum atomic E-state index is 11.8. The lowest BCUT2D eigenvalue weighted by Gasteiger charge is -2.47. The molecule has 1 aliphatic rings. The molecule has 0 aromatic heterocycles. The van der Waals surface area contributed by atoms with Gasteiger partial charge in [-0.1, -0.05) is 32.1 Å². The van der Waals surface area contributed by atoms with Crippen LogP contribution in [0.25, 0.3) is 5.57 Å². The highest BCUT2D eigenvalue weighted by Gasteiger charge is 2.40. The second-order valence-electron chi connectivity index (χ2n) is 6.90. The first-order chi connectivity index (χ1) is 9.65. The molecule has 1 aromatic rings. The fraction of sp³-hybridized carbons (Fsp3) is 0.500. The van der Waals surface area contributed by atoms with E-state index in [0.717, 1.165) is 16.8 Å². The molecule has 0 spiro atoms. The predicted octanol–water partition coefficient (Wildman–Crippen LogP) is 4.11. The maximum Gasteiger partial charge on any atom is 0.326 e. The first-order valence-electron chi connectivity index (χ1n) is 7.48. The third kappa shape index (κ3) is 2.69. The molecule has 0 saturated carbocycles. The van der Waals surface area contributed by atoms with Crippen molar-refractivity contribution in [3.8, 4) is 0 Å². The van der Waals surface area contributed by atoms with Gasteiger partial charge in [0.15, 0.2) is 0 Å². The second-order valence-corrected chi connectivity index (χ2v) is 6.90. The van der Waals surface area contributed by atoms with Gasteiger partial charge in [0.05, 0.1) is 5.54 Å². The molecule has 0 unspecified atom stereocenters. The molecule has 1 aliphatic heterocycles. The zero-order valence-corrected chi connectivity index (χ0v) is 13.8. The summed E-state index contributed by atoms with van der Waals surface area (Å²) in [4.78, 5) is 13.9. The first-order valence-corrected chi connectivity index (χ1v) is 7.48. The Morgan fingerprint density at radius 3 is 2.38 bits per heavy atom. The lowest BCUT2D eigenvalue weighted by Crippen LogP contribution is -2.56. The number of carbonyl (C=O) groups is 1.